The first kappa shape index (κ1) is 21.2. The number of benzene rings is 2. The highest BCUT2D eigenvalue weighted by molar-refractivity contribution is 5.78. The Morgan fingerprint density at radius 2 is 1.71 bits per heavy atom. The number of carbonyl (C=O) groups is 2. The average Bonchev–Trinajstić information content (AvgIpc) is 3.30. The van der Waals surface area contributed by atoms with Gasteiger partial charge in [-0.2, -0.15) is 0 Å². The number of aryl methyl sites for hydroxylation is 1. The Bertz CT molecular complexity index is 905. The van der Waals surface area contributed by atoms with Gasteiger partial charge in [-0.25, -0.2) is 4.79 Å². The predicted molar refractivity (Wildman–Crippen MR) is 121 cm³/mol. The average molecular weight is 422 g/mol. The second kappa shape index (κ2) is 10.3. The quantitative estimate of drug-likeness (QED) is 0.634. The molecule has 1 saturated carbocycles. The highest BCUT2D eigenvalue weighted by Crippen LogP contribution is 2.30. The van der Waals surface area contributed by atoms with Gasteiger partial charge in [-0.05, 0) is 60.1 Å². The van der Waals surface area contributed by atoms with E-state index in [9.17, 15) is 9.59 Å². The van der Waals surface area contributed by atoms with Gasteiger partial charge in [0.25, 0.3) is 0 Å². The first-order valence-corrected chi connectivity index (χ1v) is 11.3. The fourth-order valence-corrected chi connectivity index (χ4v) is 4.26. The molecule has 1 heterocycles. The molecule has 2 aliphatic rings. The predicted octanol–water partition coefficient (Wildman–Crippen LogP) is 3.93. The largest absolute Gasteiger partial charge is 0.493 e. The summed E-state index contributed by atoms with van der Waals surface area (Å²) in [5, 5.41) is 8.63. The molecule has 0 saturated heterocycles. The van der Waals surface area contributed by atoms with E-state index in [1.165, 1.54) is 24.0 Å². The van der Waals surface area contributed by atoms with Crippen LogP contribution in [0.3, 0.4) is 0 Å². The van der Waals surface area contributed by atoms with Gasteiger partial charge in [0.1, 0.15) is 5.75 Å². The minimum atomic E-state index is -0.257. The number of nitrogens with one attached hydrogen (secondary N) is 3. The molecule has 3 amide bonds. The van der Waals surface area contributed by atoms with Crippen molar-refractivity contribution in [3.05, 3.63) is 53.6 Å². The molecule has 2 aromatic carbocycles. The van der Waals surface area contributed by atoms with Crippen LogP contribution < -0.4 is 20.7 Å². The number of amides is 3. The Labute approximate surface area is 183 Å². The third kappa shape index (κ3) is 6.00. The fraction of sp³-hybridized carbons (Fsp3) is 0.440. The standard InChI is InChI=1S/C25H31N3O3/c29-24(28-22-5-1-2-6-22)13-14-26-25(30)27-17-18-7-9-19(10-8-18)20-11-12-23-21(16-20)4-3-15-31-23/h7-12,16,22H,1-6,13-15,17H2,(H,28,29)(H2,26,27,30). The molecule has 0 atom stereocenters. The van der Waals surface area contributed by atoms with Gasteiger partial charge in [0.15, 0.2) is 0 Å². The Balaban J connectivity index is 1.19. The lowest BCUT2D eigenvalue weighted by Crippen LogP contribution is -2.39. The van der Waals surface area contributed by atoms with Crippen LogP contribution in [0.2, 0.25) is 0 Å². The maximum Gasteiger partial charge on any atom is 0.315 e. The van der Waals surface area contributed by atoms with Crippen LogP contribution in [0.5, 0.6) is 5.75 Å². The molecule has 1 aliphatic carbocycles. The van der Waals surface area contributed by atoms with Gasteiger partial charge in [0.2, 0.25) is 5.91 Å². The minimum absolute atomic E-state index is 0.0107. The summed E-state index contributed by atoms with van der Waals surface area (Å²) >= 11 is 0. The maximum absolute atomic E-state index is 12.0. The highest BCUT2D eigenvalue weighted by Gasteiger charge is 2.16. The van der Waals surface area contributed by atoms with Gasteiger partial charge in [-0.3, -0.25) is 4.79 Å². The minimum Gasteiger partial charge on any atom is -0.493 e. The third-order valence-electron chi connectivity index (χ3n) is 6.01. The number of hydrogen-bond acceptors (Lipinski definition) is 3. The molecule has 164 valence electrons. The number of urea groups is 1. The van der Waals surface area contributed by atoms with Gasteiger partial charge in [-0.15, -0.1) is 0 Å². The van der Waals surface area contributed by atoms with E-state index in [1.54, 1.807) is 0 Å². The van der Waals surface area contributed by atoms with Crippen LogP contribution in [0.1, 0.15) is 49.7 Å². The summed E-state index contributed by atoms with van der Waals surface area (Å²) in [4.78, 5) is 23.9. The topological polar surface area (TPSA) is 79.5 Å². The van der Waals surface area contributed by atoms with E-state index >= 15 is 0 Å². The first-order valence-electron chi connectivity index (χ1n) is 11.3. The van der Waals surface area contributed by atoms with Gasteiger partial charge >= 0.3 is 6.03 Å². The number of rotatable bonds is 7. The summed E-state index contributed by atoms with van der Waals surface area (Å²) < 4.78 is 5.69. The summed E-state index contributed by atoms with van der Waals surface area (Å²) in [6.45, 7) is 1.58. The van der Waals surface area contributed by atoms with Crippen molar-refractivity contribution in [2.75, 3.05) is 13.2 Å². The van der Waals surface area contributed by atoms with Crippen LogP contribution in [0, 0.1) is 0 Å². The summed E-state index contributed by atoms with van der Waals surface area (Å²) in [6, 6.07) is 14.6. The van der Waals surface area contributed by atoms with Crippen molar-refractivity contribution >= 4 is 11.9 Å². The normalized spacial score (nSPS) is 15.6. The van der Waals surface area contributed by atoms with Crippen LogP contribution in [0.4, 0.5) is 4.79 Å². The molecule has 0 unspecified atom stereocenters. The Morgan fingerprint density at radius 3 is 2.52 bits per heavy atom. The monoisotopic (exact) mass is 421 g/mol. The fourth-order valence-electron chi connectivity index (χ4n) is 4.26. The Morgan fingerprint density at radius 1 is 0.935 bits per heavy atom. The lowest BCUT2D eigenvalue weighted by atomic mass is 9.98. The lowest BCUT2D eigenvalue weighted by molar-refractivity contribution is -0.121. The number of fused-ring (bicyclic) bond motifs is 1. The molecule has 0 spiro atoms. The number of carbonyl (C=O) groups excluding carboxylic acids is 2. The molecular weight excluding hydrogens is 390 g/mol. The van der Waals surface area contributed by atoms with Crippen molar-refractivity contribution in [3.8, 4) is 16.9 Å². The number of ether oxygens (including phenoxy) is 1. The van der Waals surface area contributed by atoms with Gasteiger partial charge < -0.3 is 20.7 Å². The molecule has 2 aromatic rings. The van der Waals surface area contributed by atoms with Crippen molar-refractivity contribution in [2.45, 2.75) is 57.5 Å². The van der Waals surface area contributed by atoms with E-state index in [1.807, 2.05) is 12.1 Å². The van der Waals surface area contributed by atoms with E-state index in [4.69, 9.17) is 4.74 Å². The summed E-state index contributed by atoms with van der Waals surface area (Å²) in [6.07, 6.45) is 6.95. The molecule has 3 N–H and O–H groups in total. The molecule has 0 bridgehead atoms. The van der Waals surface area contributed by atoms with Crippen molar-refractivity contribution < 1.29 is 14.3 Å². The van der Waals surface area contributed by atoms with Crippen LogP contribution in [0.25, 0.3) is 11.1 Å². The molecule has 6 nitrogen and oxygen atoms in total. The summed E-state index contributed by atoms with van der Waals surface area (Å²) in [5.74, 6) is 1.01. The Kier molecular flexibility index (Phi) is 7.07. The second-order valence-corrected chi connectivity index (χ2v) is 8.38. The lowest BCUT2D eigenvalue weighted by Gasteiger charge is -2.18. The third-order valence-corrected chi connectivity index (χ3v) is 6.01. The van der Waals surface area contributed by atoms with E-state index in [0.29, 0.717) is 25.6 Å². The second-order valence-electron chi connectivity index (χ2n) is 8.38. The van der Waals surface area contributed by atoms with Crippen molar-refractivity contribution in [1.82, 2.24) is 16.0 Å². The van der Waals surface area contributed by atoms with Gasteiger partial charge in [0, 0.05) is 25.6 Å². The summed E-state index contributed by atoms with van der Waals surface area (Å²) in [7, 11) is 0. The van der Waals surface area contributed by atoms with Crippen LogP contribution >= 0.6 is 0 Å². The molecule has 31 heavy (non-hydrogen) atoms. The van der Waals surface area contributed by atoms with E-state index < -0.39 is 0 Å². The maximum atomic E-state index is 12.0. The molecule has 1 aliphatic heterocycles. The SMILES string of the molecule is O=C(CCNC(=O)NCc1ccc(-c2ccc3c(c2)CCCO3)cc1)NC1CCCC1. The Hall–Kier alpha value is -3.02. The molecule has 4 rings (SSSR count). The van der Waals surface area contributed by atoms with E-state index in [-0.39, 0.29) is 11.9 Å². The van der Waals surface area contributed by atoms with Crippen LogP contribution in [-0.2, 0) is 17.8 Å². The zero-order valence-electron chi connectivity index (χ0n) is 17.9. The number of hydrogen-bond donors (Lipinski definition) is 3. The van der Waals surface area contributed by atoms with Crippen LogP contribution in [0.15, 0.2) is 42.5 Å². The molecule has 6 heteroatoms. The van der Waals surface area contributed by atoms with E-state index in [2.05, 4.69) is 46.3 Å². The molecule has 0 radical (unpaired) electrons. The van der Waals surface area contributed by atoms with Crippen molar-refractivity contribution in [2.24, 2.45) is 0 Å². The zero-order valence-corrected chi connectivity index (χ0v) is 17.9. The highest BCUT2D eigenvalue weighted by atomic mass is 16.5. The van der Waals surface area contributed by atoms with Crippen molar-refractivity contribution in [1.29, 1.82) is 0 Å². The first-order chi connectivity index (χ1) is 15.2. The molecule has 0 aromatic heterocycles. The molecular formula is C25H31N3O3. The van der Waals surface area contributed by atoms with Gasteiger partial charge in [-0.1, -0.05) is 43.2 Å². The van der Waals surface area contributed by atoms with E-state index in [0.717, 1.165) is 49.2 Å². The van der Waals surface area contributed by atoms with Crippen molar-refractivity contribution in [3.63, 3.8) is 0 Å². The smallest absolute Gasteiger partial charge is 0.315 e. The van der Waals surface area contributed by atoms with Crippen LogP contribution in [-0.4, -0.2) is 31.1 Å². The summed E-state index contributed by atoms with van der Waals surface area (Å²) in [5.41, 5.74) is 4.62. The zero-order chi connectivity index (χ0) is 21.5. The van der Waals surface area contributed by atoms with Gasteiger partial charge in [0.05, 0.1) is 6.61 Å². The molecule has 1 fully saturated rings.